The van der Waals surface area contributed by atoms with Crippen molar-refractivity contribution in [3.8, 4) is 5.75 Å². The molecule has 0 spiro atoms. The van der Waals surface area contributed by atoms with E-state index in [1.807, 2.05) is 10.8 Å². The number of nitrogens with one attached hydrogen (secondary N) is 2. The average Bonchev–Trinajstić information content (AvgIpc) is 3.28. The van der Waals surface area contributed by atoms with Crippen LogP contribution in [0.5, 0.6) is 5.75 Å². The summed E-state index contributed by atoms with van der Waals surface area (Å²) >= 11 is 0. The summed E-state index contributed by atoms with van der Waals surface area (Å²) in [5.74, 6) is -0.547. The van der Waals surface area contributed by atoms with Crippen LogP contribution in [-0.4, -0.2) is 38.9 Å². The van der Waals surface area contributed by atoms with Crippen LogP contribution in [0.3, 0.4) is 0 Å². The summed E-state index contributed by atoms with van der Waals surface area (Å²) in [6.45, 7) is 2.49. The number of anilines is 1. The van der Waals surface area contributed by atoms with Gasteiger partial charge in [-0.25, -0.2) is 4.98 Å². The molecule has 0 aliphatic heterocycles. The van der Waals surface area contributed by atoms with E-state index in [1.54, 1.807) is 36.8 Å². The maximum Gasteiger partial charge on any atom is 0.270 e. The molecule has 0 aliphatic carbocycles. The van der Waals surface area contributed by atoms with Crippen molar-refractivity contribution in [3.05, 3.63) is 82.9 Å². The number of rotatable bonds is 9. The third-order valence-corrected chi connectivity index (χ3v) is 4.37. The molecule has 0 bridgehead atoms. The fraction of sp³-hybridized carbons (Fsp3) is 0.190. The molecule has 3 aromatic rings. The van der Waals surface area contributed by atoms with Gasteiger partial charge in [-0.1, -0.05) is 18.2 Å². The number of aromatic nitrogens is 2. The Kier molecular flexibility index (Phi) is 6.94. The summed E-state index contributed by atoms with van der Waals surface area (Å²) in [6.07, 6.45) is 5.18. The highest BCUT2D eigenvalue weighted by atomic mass is 16.6. The molecular formula is C21H21N5O5. The van der Waals surface area contributed by atoms with Crippen LogP contribution in [0.1, 0.15) is 17.3 Å². The van der Waals surface area contributed by atoms with Gasteiger partial charge in [0.05, 0.1) is 23.5 Å². The molecule has 0 aliphatic rings. The molecule has 2 aromatic carbocycles. The summed E-state index contributed by atoms with van der Waals surface area (Å²) in [7, 11) is 0. The van der Waals surface area contributed by atoms with Gasteiger partial charge in [0, 0.05) is 30.1 Å². The zero-order chi connectivity index (χ0) is 22.2. The molecule has 2 amide bonds. The number of ether oxygens (including phenoxy) is 1. The summed E-state index contributed by atoms with van der Waals surface area (Å²) in [5.41, 5.74) is 0.359. The number of benzene rings is 2. The second-order valence-electron chi connectivity index (χ2n) is 6.64. The van der Waals surface area contributed by atoms with E-state index in [-0.39, 0.29) is 11.3 Å². The van der Waals surface area contributed by atoms with Crippen molar-refractivity contribution in [3.63, 3.8) is 0 Å². The van der Waals surface area contributed by atoms with Crippen LogP contribution in [0.25, 0.3) is 0 Å². The zero-order valence-electron chi connectivity index (χ0n) is 16.7. The Bertz CT molecular complexity index is 1070. The normalized spacial score (nSPS) is 11.4. The number of carbonyl (C=O) groups is 2. The molecule has 2 N–H and O–H groups in total. The van der Waals surface area contributed by atoms with Crippen molar-refractivity contribution in [2.75, 3.05) is 11.9 Å². The largest absolute Gasteiger partial charge is 0.490 e. The van der Waals surface area contributed by atoms with Gasteiger partial charge in [-0.2, -0.15) is 0 Å². The van der Waals surface area contributed by atoms with Crippen molar-refractivity contribution in [1.82, 2.24) is 14.9 Å². The van der Waals surface area contributed by atoms with Gasteiger partial charge in [0.1, 0.15) is 18.4 Å². The monoisotopic (exact) mass is 423 g/mol. The van der Waals surface area contributed by atoms with Crippen molar-refractivity contribution in [1.29, 1.82) is 0 Å². The summed E-state index contributed by atoms with van der Waals surface area (Å²) in [5, 5.41) is 16.1. The van der Waals surface area contributed by atoms with Crippen molar-refractivity contribution < 1.29 is 19.2 Å². The number of amides is 2. The first-order chi connectivity index (χ1) is 14.9. The SMILES string of the molecule is CC(NC(=O)c1cccc([N+](=O)[O-])c1)C(=O)Nc1ccccc1OCCn1ccnc1. The first kappa shape index (κ1) is 21.5. The van der Waals surface area contributed by atoms with E-state index < -0.39 is 22.8 Å². The van der Waals surface area contributed by atoms with E-state index in [0.29, 0.717) is 24.6 Å². The first-order valence-electron chi connectivity index (χ1n) is 9.48. The number of non-ortho nitro benzene ring substituents is 1. The Morgan fingerprint density at radius 2 is 2.03 bits per heavy atom. The Balaban J connectivity index is 1.58. The van der Waals surface area contributed by atoms with Gasteiger partial charge in [0.25, 0.3) is 11.6 Å². The zero-order valence-corrected chi connectivity index (χ0v) is 16.7. The molecule has 0 radical (unpaired) electrons. The molecule has 3 rings (SSSR count). The minimum Gasteiger partial charge on any atom is -0.490 e. The van der Waals surface area contributed by atoms with Crippen LogP contribution in [-0.2, 0) is 11.3 Å². The molecule has 160 valence electrons. The van der Waals surface area contributed by atoms with Gasteiger partial charge in [-0.05, 0) is 25.1 Å². The maximum absolute atomic E-state index is 12.6. The van der Waals surface area contributed by atoms with E-state index in [1.165, 1.54) is 25.1 Å². The molecule has 0 saturated carbocycles. The van der Waals surface area contributed by atoms with Gasteiger partial charge in [0.2, 0.25) is 5.91 Å². The molecule has 31 heavy (non-hydrogen) atoms. The summed E-state index contributed by atoms with van der Waals surface area (Å²) in [4.78, 5) is 39.2. The summed E-state index contributed by atoms with van der Waals surface area (Å²) < 4.78 is 7.63. The fourth-order valence-electron chi connectivity index (χ4n) is 2.72. The number of nitrogens with zero attached hydrogens (tertiary/aromatic N) is 3. The highest BCUT2D eigenvalue weighted by molar-refractivity contribution is 6.01. The Hall–Kier alpha value is -4.21. The van der Waals surface area contributed by atoms with Gasteiger partial charge >= 0.3 is 0 Å². The van der Waals surface area contributed by atoms with Crippen LogP contribution in [0, 0.1) is 10.1 Å². The standard InChI is InChI=1S/C21H21N5O5/c1-15(23-21(28)16-5-4-6-17(13-16)26(29)30)20(27)24-18-7-2-3-8-19(18)31-12-11-25-10-9-22-14-25/h2-10,13-15H,11-12H2,1H3,(H,23,28)(H,24,27). The van der Waals surface area contributed by atoms with Gasteiger partial charge < -0.3 is 19.9 Å². The lowest BCUT2D eigenvalue weighted by atomic mass is 10.1. The molecule has 1 heterocycles. The van der Waals surface area contributed by atoms with E-state index in [9.17, 15) is 19.7 Å². The highest BCUT2D eigenvalue weighted by Gasteiger charge is 2.19. The first-order valence-corrected chi connectivity index (χ1v) is 9.48. The minimum absolute atomic E-state index is 0.0945. The quantitative estimate of drug-likeness (QED) is 0.402. The molecule has 10 heteroatoms. The molecule has 0 fully saturated rings. The van der Waals surface area contributed by atoms with E-state index in [0.717, 1.165) is 6.07 Å². The lowest BCUT2D eigenvalue weighted by molar-refractivity contribution is -0.384. The van der Waals surface area contributed by atoms with Crippen LogP contribution in [0.4, 0.5) is 11.4 Å². The maximum atomic E-state index is 12.6. The second kappa shape index (κ2) is 10.0. The Morgan fingerprint density at radius 1 is 1.23 bits per heavy atom. The number of hydrogen-bond donors (Lipinski definition) is 2. The van der Waals surface area contributed by atoms with E-state index >= 15 is 0 Å². The van der Waals surface area contributed by atoms with Crippen LogP contribution in [0.2, 0.25) is 0 Å². The van der Waals surface area contributed by atoms with Crippen molar-refractivity contribution in [2.24, 2.45) is 0 Å². The predicted octanol–water partition coefficient (Wildman–Crippen LogP) is 2.63. The average molecular weight is 423 g/mol. The topological polar surface area (TPSA) is 128 Å². The smallest absolute Gasteiger partial charge is 0.270 e. The van der Waals surface area contributed by atoms with Crippen molar-refractivity contribution >= 4 is 23.2 Å². The minimum atomic E-state index is -0.884. The lowest BCUT2D eigenvalue weighted by Gasteiger charge is -2.16. The third-order valence-electron chi connectivity index (χ3n) is 4.37. The second-order valence-corrected chi connectivity index (χ2v) is 6.64. The fourth-order valence-corrected chi connectivity index (χ4v) is 2.72. The number of para-hydroxylation sites is 2. The van der Waals surface area contributed by atoms with Crippen LogP contribution < -0.4 is 15.4 Å². The van der Waals surface area contributed by atoms with Gasteiger partial charge in [-0.15, -0.1) is 0 Å². The van der Waals surface area contributed by atoms with Crippen LogP contribution >= 0.6 is 0 Å². The van der Waals surface area contributed by atoms with Crippen LogP contribution in [0.15, 0.2) is 67.3 Å². The predicted molar refractivity (Wildman–Crippen MR) is 113 cm³/mol. The molecular weight excluding hydrogens is 402 g/mol. The Morgan fingerprint density at radius 3 is 2.77 bits per heavy atom. The number of carbonyl (C=O) groups excluding carboxylic acids is 2. The van der Waals surface area contributed by atoms with E-state index in [4.69, 9.17) is 4.74 Å². The molecule has 0 saturated heterocycles. The summed E-state index contributed by atoms with van der Waals surface area (Å²) in [6, 6.07) is 11.4. The molecule has 1 atom stereocenters. The number of nitro benzene ring substituents is 1. The van der Waals surface area contributed by atoms with Gasteiger partial charge in [0.15, 0.2) is 0 Å². The third kappa shape index (κ3) is 5.89. The van der Waals surface area contributed by atoms with Gasteiger partial charge in [-0.3, -0.25) is 19.7 Å². The lowest BCUT2D eigenvalue weighted by Crippen LogP contribution is -2.41. The number of hydrogen-bond acceptors (Lipinski definition) is 6. The molecule has 1 unspecified atom stereocenters. The van der Waals surface area contributed by atoms with E-state index in [2.05, 4.69) is 15.6 Å². The molecule has 1 aromatic heterocycles. The molecule has 10 nitrogen and oxygen atoms in total. The number of nitro groups is 1. The van der Waals surface area contributed by atoms with Crippen molar-refractivity contribution in [2.45, 2.75) is 19.5 Å². The number of imidazole rings is 1. The Labute approximate surface area is 178 Å². The highest BCUT2D eigenvalue weighted by Crippen LogP contribution is 2.24.